The fourth-order valence-corrected chi connectivity index (χ4v) is 2.89. The summed E-state index contributed by atoms with van der Waals surface area (Å²) in [5.74, 6) is -1.44. The number of rotatable bonds is 7. The van der Waals surface area contributed by atoms with E-state index in [4.69, 9.17) is 9.84 Å². The van der Waals surface area contributed by atoms with Crippen molar-refractivity contribution in [1.82, 2.24) is 0 Å². The lowest BCUT2D eigenvalue weighted by molar-refractivity contribution is -0.162. The zero-order chi connectivity index (χ0) is 19.6. The minimum atomic E-state index is -2.25. The smallest absolute Gasteiger partial charge is 0.335 e. The Morgan fingerprint density at radius 1 is 0.889 bits per heavy atom. The highest BCUT2D eigenvalue weighted by Crippen LogP contribution is 2.31. The van der Waals surface area contributed by atoms with Crippen LogP contribution in [0.5, 0.6) is 5.75 Å². The number of carbonyl (C=O) groups is 2. The van der Waals surface area contributed by atoms with E-state index in [-0.39, 0.29) is 12.0 Å². The summed E-state index contributed by atoms with van der Waals surface area (Å²) < 4.78 is 5.56. The zero-order valence-electron chi connectivity index (χ0n) is 14.1. The first-order chi connectivity index (χ1) is 12.9. The van der Waals surface area contributed by atoms with Crippen LogP contribution in [-0.2, 0) is 9.59 Å². The lowest BCUT2D eigenvalue weighted by Crippen LogP contribution is -2.49. The average Bonchev–Trinajstić information content (AvgIpc) is 2.68. The molecule has 0 heterocycles. The van der Waals surface area contributed by atoms with Crippen molar-refractivity contribution in [3.05, 3.63) is 54.6 Å². The van der Waals surface area contributed by atoms with E-state index in [2.05, 4.69) is 0 Å². The number of hydrogen-bond acceptors (Lipinski definition) is 6. The van der Waals surface area contributed by atoms with E-state index in [9.17, 15) is 24.9 Å². The fourth-order valence-electron chi connectivity index (χ4n) is 2.89. The molecule has 0 fully saturated rings. The Morgan fingerprint density at radius 3 is 2.15 bits per heavy atom. The first kappa shape index (κ1) is 18.8. The summed E-state index contributed by atoms with van der Waals surface area (Å²) >= 11 is 0. The number of aliphatic hydroxyl groups is 3. The third kappa shape index (κ3) is 3.75. The SMILES string of the molecule is O=C[C@H](Oc1cccc2cc3ccccc3cc12)[C@@H](O)[C@H](O)[C@H](O)C(=O)O. The Kier molecular flexibility index (Phi) is 5.36. The lowest BCUT2D eigenvalue weighted by Gasteiger charge is -2.25. The van der Waals surface area contributed by atoms with Crippen molar-refractivity contribution < 1.29 is 34.8 Å². The number of benzene rings is 3. The zero-order valence-corrected chi connectivity index (χ0v) is 14.1. The maximum Gasteiger partial charge on any atom is 0.335 e. The molecule has 3 rings (SSSR count). The summed E-state index contributed by atoms with van der Waals surface area (Å²) in [4.78, 5) is 22.1. The Morgan fingerprint density at radius 2 is 1.52 bits per heavy atom. The molecule has 4 atom stereocenters. The van der Waals surface area contributed by atoms with E-state index in [0.29, 0.717) is 5.39 Å². The van der Waals surface area contributed by atoms with Gasteiger partial charge in [-0.25, -0.2) is 4.79 Å². The number of aliphatic carboxylic acids is 1. The molecular weight excluding hydrogens is 352 g/mol. The van der Waals surface area contributed by atoms with Crippen molar-refractivity contribution in [3.8, 4) is 5.75 Å². The minimum absolute atomic E-state index is 0.252. The number of carbonyl (C=O) groups excluding carboxylic acids is 1. The molecule has 0 aliphatic carbocycles. The molecule has 4 N–H and O–H groups in total. The largest absolute Gasteiger partial charge is 0.479 e. The van der Waals surface area contributed by atoms with Crippen LogP contribution in [0.1, 0.15) is 0 Å². The molecule has 3 aromatic carbocycles. The molecule has 0 saturated heterocycles. The molecule has 7 nitrogen and oxygen atoms in total. The van der Waals surface area contributed by atoms with Gasteiger partial charge in [0.05, 0.1) is 0 Å². The van der Waals surface area contributed by atoms with E-state index in [0.717, 1.165) is 16.2 Å². The first-order valence-corrected chi connectivity index (χ1v) is 8.23. The topological polar surface area (TPSA) is 124 Å². The lowest BCUT2D eigenvalue weighted by atomic mass is 10.0. The van der Waals surface area contributed by atoms with Gasteiger partial charge in [-0.1, -0.05) is 36.4 Å². The minimum Gasteiger partial charge on any atom is -0.479 e. The van der Waals surface area contributed by atoms with Crippen LogP contribution >= 0.6 is 0 Å². The van der Waals surface area contributed by atoms with Gasteiger partial charge in [-0.05, 0) is 34.4 Å². The monoisotopic (exact) mass is 370 g/mol. The van der Waals surface area contributed by atoms with Crippen LogP contribution in [0.2, 0.25) is 0 Å². The van der Waals surface area contributed by atoms with Crippen molar-refractivity contribution in [1.29, 1.82) is 0 Å². The van der Waals surface area contributed by atoms with Gasteiger partial charge in [0.15, 0.2) is 18.5 Å². The highest BCUT2D eigenvalue weighted by Gasteiger charge is 2.36. The number of ether oxygens (including phenoxy) is 1. The Balaban J connectivity index is 1.95. The van der Waals surface area contributed by atoms with E-state index >= 15 is 0 Å². The molecule has 0 aliphatic rings. The van der Waals surface area contributed by atoms with Gasteiger partial charge in [0, 0.05) is 5.39 Å². The van der Waals surface area contributed by atoms with Gasteiger partial charge in [0.1, 0.15) is 18.0 Å². The standard InChI is InChI=1S/C20H18O7/c21-10-16(17(22)18(23)19(24)20(25)26)27-15-7-3-6-13-8-11-4-1-2-5-12(11)9-14(13)15/h1-10,16-19,22-24H,(H,25,26)/t16-,17+,18-,19-/m0/s1. The molecule has 140 valence electrons. The average molecular weight is 370 g/mol. The second-order valence-corrected chi connectivity index (χ2v) is 6.16. The molecule has 27 heavy (non-hydrogen) atoms. The summed E-state index contributed by atoms with van der Waals surface area (Å²) in [5, 5.41) is 41.5. The van der Waals surface area contributed by atoms with Crippen LogP contribution in [0.4, 0.5) is 0 Å². The molecule has 0 amide bonds. The van der Waals surface area contributed by atoms with E-state index < -0.39 is 30.4 Å². The van der Waals surface area contributed by atoms with Gasteiger partial charge < -0.3 is 25.2 Å². The van der Waals surface area contributed by atoms with Gasteiger partial charge >= 0.3 is 5.97 Å². The Hall–Kier alpha value is -3.00. The second-order valence-electron chi connectivity index (χ2n) is 6.16. The van der Waals surface area contributed by atoms with Crippen LogP contribution in [-0.4, -0.2) is 57.1 Å². The van der Waals surface area contributed by atoms with Crippen LogP contribution in [0, 0.1) is 0 Å². The third-order valence-electron chi connectivity index (χ3n) is 4.37. The molecule has 0 saturated carbocycles. The number of fused-ring (bicyclic) bond motifs is 2. The molecular formula is C20H18O7. The first-order valence-electron chi connectivity index (χ1n) is 8.23. The van der Waals surface area contributed by atoms with Crippen molar-refractivity contribution in [3.63, 3.8) is 0 Å². The quantitative estimate of drug-likeness (QED) is 0.363. The van der Waals surface area contributed by atoms with Crippen molar-refractivity contribution in [2.24, 2.45) is 0 Å². The van der Waals surface area contributed by atoms with Crippen molar-refractivity contribution >= 4 is 33.8 Å². The Bertz CT molecular complexity index is 984. The second kappa shape index (κ2) is 7.71. The summed E-state index contributed by atoms with van der Waals surface area (Å²) in [6.45, 7) is 0. The molecule has 3 aromatic rings. The number of aldehydes is 1. The normalized spacial score (nSPS) is 15.8. The van der Waals surface area contributed by atoms with Gasteiger partial charge in [-0.3, -0.25) is 4.79 Å². The molecule has 0 spiro atoms. The molecule has 7 heteroatoms. The van der Waals surface area contributed by atoms with Crippen LogP contribution < -0.4 is 4.74 Å². The summed E-state index contributed by atoms with van der Waals surface area (Å²) in [7, 11) is 0. The highest BCUT2D eigenvalue weighted by molar-refractivity contribution is 6.00. The van der Waals surface area contributed by atoms with Gasteiger partial charge in [0.2, 0.25) is 0 Å². The molecule has 0 bridgehead atoms. The van der Waals surface area contributed by atoms with Crippen molar-refractivity contribution in [2.45, 2.75) is 24.4 Å². The predicted octanol–water partition coefficient (Wildman–Crippen LogP) is 1.11. The van der Waals surface area contributed by atoms with Gasteiger partial charge in [-0.15, -0.1) is 0 Å². The van der Waals surface area contributed by atoms with E-state index in [1.807, 2.05) is 42.5 Å². The highest BCUT2D eigenvalue weighted by atomic mass is 16.5. The van der Waals surface area contributed by atoms with E-state index in [1.165, 1.54) is 0 Å². The van der Waals surface area contributed by atoms with E-state index in [1.54, 1.807) is 12.1 Å². The maximum absolute atomic E-state index is 11.4. The number of carboxylic acids is 1. The van der Waals surface area contributed by atoms with Gasteiger partial charge in [0.25, 0.3) is 0 Å². The maximum atomic E-state index is 11.4. The summed E-state index contributed by atoms with van der Waals surface area (Å²) in [6.07, 6.45) is -7.58. The number of aliphatic hydroxyl groups excluding tert-OH is 3. The summed E-state index contributed by atoms with van der Waals surface area (Å²) in [5.41, 5.74) is 0. The fraction of sp³-hybridized carbons (Fsp3) is 0.200. The van der Waals surface area contributed by atoms with Crippen LogP contribution in [0.25, 0.3) is 21.5 Å². The third-order valence-corrected chi connectivity index (χ3v) is 4.37. The summed E-state index contributed by atoms with van der Waals surface area (Å²) in [6, 6.07) is 16.7. The molecule has 0 unspecified atom stereocenters. The predicted molar refractivity (Wildman–Crippen MR) is 97.6 cm³/mol. The molecule has 0 radical (unpaired) electrons. The molecule has 0 aliphatic heterocycles. The molecule has 0 aromatic heterocycles. The van der Waals surface area contributed by atoms with Crippen LogP contribution in [0.3, 0.4) is 0 Å². The van der Waals surface area contributed by atoms with Crippen molar-refractivity contribution in [2.75, 3.05) is 0 Å². The van der Waals surface area contributed by atoms with Gasteiger partial charge in [-0.2, -0.15) is 0 Å². The van der Waals surface area contributed by atoms with Crippen LogP contribution in [0.15, 0.2) is 54.6 Å². The number of carboxylic acid groups (broad SMARTS) is 1. The Labute approximate surface area is 154 Å². The number of hydrogen-bond donors (Lipinski definition) is 4.